The smallest absolute Gasteiger partial charge is 0.342 e. The highest BCUT2D eigenvalue weighted by Crippen LogP contribution is 2.24. The fourth-order valence-corrected chi connectivity index (χ4v) is 2.48. The lowest BCUT2D eigenvalue weighted by atomic mass is 9.87. The van der Waals surface area contributed by atoms with Crippen molar-refractivity contribution >= 4 is 11.9 Å². The van der Waals surface area contributed by atoms with Crippen LogP contribution in [0.25, 0.3) is 0 Å². The molecule has 1 N–H and O–H groups in total. The van der Waals surface area contributed by atoms with Gasteiger partial charge in [0.05, 0.1) is 13.7 Å². The molecular weight excluding hydrogens is 358 g/mol. The first-order chi connectivity index (χ1) is 13.3. The summed E-state index contributed by atoms with van der Waals surface area (Å²) in [6.07, 6.45) is 0. The molecule has 1 amide bonds. The number of ether oxygens (including phenoxy) is 3. The minimum absolute atomic E-state index is 0.0910. The summed E-state index contributed by atoms with van der Waals surface area (Å²) in [6, 6.07) is 14.6. The fourth-order valence-electron chi connectivity index (χ4n) is 2.48. The number of esters is 1. The normalized spacial score (nSPS) is 10.9. The summed E-state index contributed by atoms with van der Waals surface area (Å²) in [5.74, 6) is 0.140. The Hall–Kier alpha value is -3.02. The van der Waals surface area contributed by atoms with E-state index in [1.807, 2.05) is 24.3 Å². The van der Waals surface area contributed by atoms with Gasteiger partial charge in [-0.3, -0.25) is 4.79 Å². The number of hydrogen-bond donors (Lipinski definition) is 1. The van der Waals surface area contributed by atoms with Crippen LogP contribution in [0.15, 0.2) is 48.5 Å². The van der Waals surface area contributed by atoms with Crippen LogP contribution in [0.1, 0.15) is 36.7 Å². The van der Waals surface area contributed by atoms with E-state index >= 15 is 0 Å². The van der Waals surface area contributed by atoms with E-state index in [0.29, 0.717) is 18.9 Å². The van der Waals surface area contributed by atoms with Gasteiger partial charge in [-0.05, 0) is 35.2 Å². The third-order valence-electron chi connectivity index (χ3n) is 4.07. The van der Waals surface area contributed by atoms with Crippen molar-refractivity contribution in [3.8, 4) is 11.5 Å². The molecule has 0 aliphatic heterocycles. The Balaban J connectivity index is 1.69. The minimum atomic E-state index is -0.609. The van der Waals surface area contributed by atoms with Gasteiger partial charge in [-0.1, -0.05) is 45.0 Å². The quantitative estimate of drug-likeness (QED) is 0.557. The van der Waals surface area contributed by atoms with Crippen molar-refractivity contribution in [1.29, 1.82) is 0 Å². The topological polar surface area (TPSA) is 73.9 Å². The summed E-state index contributed by atoms with van der Waals surface area (Å²) < 4.78 is 15.7. The van der Waals surface area contributed by atoms with Gasteiger partial charge in [-0.15, -0.1) is 0 Å². The maximum atomic E-state index is 12.0. The van der Waals surface area contributed by atoms with Crippen LogP contribution in [0.4, 0.5) is 0 Å². The van der Waals surface area contributed by atoms with Crippen molar-refractivity contribution in [3.63, 3.8) is 0 Å². The van der Waals surface area contributed by atoms with Crippen LogP contribution in [0.2, 0.25) is 0 Å². The molecule has 6 heteroatoms. The van der Waals surface area contributed by atoms with Crippen LogP contribution in [-0.2, 0) is 14.9 Å². The summed E-state index contributed by atoms with van der Waals surface area (Å²) in [5.41, 5.74) is 1.60. The second-order valence-electron chi connectivity index (χ2n) is 7.25. The summed E-state index contributed by atoms with van der Waals surface area (Å²) in [7, 11) is 1.47. The molecule has 2 aromatic rings. The zero-order valence-electron chi connectivity index (χ0n) is 16.8. The molecule has 6 nitrogen and oxygen atoms in total. The molecule has 0 aromatic heterocycles. The van der Waals surface area contributed by atoms with E-state index in [-0.39, 0.29) is 17.6 Å². The number of rotatable bonds is 8. The number of nitrogens with one attached hydrogen (secondary N) is 1. The van der Waals surface area contributed by atoms with Crippen LogP contribution in [-0.4, -0.2) is 38.7 Å². The third-order valence-corrected chi connectivity index (χ3v) is 4.07. The van der Waals surface area contributed by atoms with Crippen molar-refractivity contribution < 1.29 is 23.8 Å². The van der Waals surface area contributed by atoms with Gasteiger partial charge in [0.25, 0.3) is 5.91 Å². The van der Waals surface area contributed by atoms with E-state index in [0.717, 1.165) is 5.75 Å². The van der Waals surface area contributed by atoms with Crippen molar-refractivity contribution in [3.05, 3.63) is 59.7 Å². The first-order valence-electron chi connectivity index (χ1n) is 9.11. The van der Waals surface area contributed by atoms with Gasteiger partial charge in [0.2, 0.25) is 0 Å². The van der Waals surface area contributed by atoms with E-state index in [1.165, 1.54) is 12.7 Å². The molecule has 0 aliphatic rings. The Morgan fingerprint density at radius 1 is 1.00 bits per heavy atom. The zero-order chi connectivity index (χ0) is 20.6. The molecule has 0 radical (unpaired) electrons. The molecule has 0 spiro atoms. The first kappa shape index (κ1) is 21.3. The van der Waals surface area contributed by atoms with Crippen LogP contribution >= 0.6 is 0 Å². The molecular formula is C22H27NO5. The predicted octanol–water partition coefficient (Wildman–Crippen LogP) is 3.34. The van der Waals surface area contributed by atoms with Crippen molar-refractivity contribution in [2.24, 2.45) is 0 Å². The number of para-hydroxylation sites is 1. The Morgan fingerprint density at radius 3 is 2.32 bits per heavy atom. The summed E-state index contributed by atoms with van der Waals surface area (Å²) in [5, 5.41) is 2.65. The van der Waals surface area contributed by atoms with Crippen molar-refractivity contribution in [2.75, 3.05) is 26.9 Å². The molecule has 0 saturated heterocycles. The number of amides is 1. The number of benzene rings is 2. The fraction of sp³-hybridized carbons (Fsp3) is 0.364. The maximum Gasteiger partial charge on any atom is 0.342 e. The Morgan fingerprint density at radius 2 is 1.68 bits per heavy atom. The van der Waals surface area contributed by atoms with Crippen LogP contribution < -0.4 is 14.8 Å². The molecule has 0 unspecified atom stereocenters. The van der Waals surface area contributed by atoms with Gasteiger partial charge in [0.1, 0.15) is 23.7 Å². The van der Waals surface area contributed by atoms with Gasteiger partial charge >= 0.3 is 5.97 Å². The number of carbonyl (C=O) groups is 2. The summed E-state index contributed by atoms with van der Waals surface area (Å²) in [6.45, 7) is 6.72. The van der Waals surface area contributed by atoms with Gasteiger partial charge in [0.15, 0.2) is 6.61 Å². The van der Waals surface area contributed by atoms with Gasteiger partial charge in [0, 0.05) is 0 Å². The van der Waals surface area contributed by atoms with Crippen LogP contribution in [0.5, 0.6) is 11.5 Å². The Labute approximate surface area is 165 Å². The SMILES string of the molecule is COc1ccccc1C(=O)OCC(=O)NCCOc1ccc(C(C)(C)C)cc1. The van der Waals surface area contributed by atoms with E-state index < -0.39 is 11.9 Å². The number of methoxy groups -OCH3 is 1. The van der Waals surface area contributed by atoms with Crippen molar-refractivity contribution in [2.45, 2.75) is 26.2 Å². The summed E-state index contributed by atoms with van der Waals surface area (Å²) >= 11 is 0. The number of carbonyl (C=O) groups excluding carboxylic acids is 2. The maximum absolute atomic E-state index is 12.0. The molecule has 0 saturated carbocycles. The van der Waals surface area contributed by atoms with E-state index in [2.05, 4.69) is 26.1 Å². The highest BCUT2D eigenvalue weighted by atomic mass is 16.5. The first-order valence-corrected chi connectivity index (χ1v) is 9.11. The van der Waals surface area contributed by atoms with Gasteiger partial charge in [-0.25, -0.2) is 4.79 Å². The largest absolute Gasteiger partial charge is 0.496 e. The lowest BCUT2D eigenvalue weighted by Gasteiger charge is -2.19. The lowest BCUT2D eigenvalue weighted by Crippen LogP contribution is -2.32. The molecule has 0 aliphatic carbocycles. The van der Waals surface area contributed by atoms with Gasteiger partial charge in [-0.2, -0.15) is 0 Å². The molecule has 0 fully saturated rings. The minimum Gasteiger partial charge on any atom is -0.496 e. The van der Waals surface area contributed by atoms with Crippen molar-refractivity contribution in [1.82, 2.24) is 5.32 Å². The molecule has 150 valence electrons. The molecule has 28 heavy (non-hydrogen) atoms. The molecule has 0 atom stereocenters. The average Bonchev–Trinajstić information content (AvgIpc) is 2.69. The second-order valence-corrected chi connectivity index (χ2v) is 7.25. The molecule has 0 heterocycles. The second kappa shape index (κ2) is 9.78. The Kier molecular flexibility index (Phi) is 7.44. The molecule has 2 rings (SSSR count). The van der Waals surface area contributed by atoms with Crippen LogP contribution in [0, 0.1) is 0 Å². The van der Waals surface area contributed by atoms with Gasteiger partial charge < -0.3 is 19.5 Å². The molecule has 2 aromatic carbocycles. The van der Waals surface area contributed by atoms with E-state index in [9.17, 15) is 9.59 Å². The average molecular weight is 385 g/mol. The standard InChI is InChI=1S/C22H27NO5/c1-22(2,3)16-9-11-17(12-10-16)27-14-13-23-20(24)15-28-21(25)18-7-5-6-8-19(18)26-4/h5-12H,13-15H2,1-4H3,(H,23,24). The highest BCUT2D eigenvalue weighted by molar-refractivity contribution is 5.93. The van der Waals surface area contributed by atoms with E-state index in [4.69, 9.17) is 14.2 Å². The van der Waals surface area contributed by atoms with E-state index in [1.54, 1.807) is 24.3 Å². The summed E-state index contributed by atoms with van der Waals surface area (Å²) in [4.78, 5) is 23.9. The third kappa shape index (κ3) is 6.30. The highest BCUT2D eigenvalue weighted by Gasteiger charge is 2.15. The zero-order valence-corrected chi connectivity index (χ0v) is 16.8. The predicted molar refractivity (Wildman–Crippen MR) is 107 cm³/mol. The number of hydrogen-bond acceptors (Lipinski definition) is 5. The monoisotopic (exact) mass is 385 g/mol. The van der Waals surface area contributed by atoms with Crippen LogP contribution in [0.3, 0.4) is 0 Å². The Bertz CT molecular complexity index is 793. The lowest BCUT2D eigenvalue weighted by molar-refractivity contribution is -0.124. The molecule has 0 bridgehead atoms.